The van der Waals surface area contributed by atoms with Gasteiger partial charge in [-0.25, -0.2) is 0 Å². The van der Waals surface area contributed by atoms with Crippen molar-refractivity contribution in [1.29, 1.82) is 0 Å². The molecule has 1 heterocycles. The fourth-order valence-corrected chi connectivity index (χ4v) is 2.86. The first kappa shape index (κ1) is 16.1. The molecule has 4 heteroatoms. The molecule has 0 fully saturated rings. The lowest BCUT2D eigenvalue weighted by molar-refractivity contribution is 0.0775. The number of aryl methyl sites for hydroxylation is 2. The Hall–Kier alpha value is -2.75. The standard InChI is InChI=1S/C20H22N2O2/c1-14-8-4-7-11-18(14)24-13-12-22(3)20(23)19-15(2)21-17-10-6-5-9-16(17)19/h4-11,21H,12-13H2,1-3H3. The number of rotatable bonds is 5. The van der Waals surface area contributed by atoms with Crippen molar-refractivity contribution in [1.82, 2.24) is 9.88 Å². The number of aromatic amines is 1. The molecule has 1 N–H and O–H groups in total. The molecule has 0 radical (unpaired) electrons. The van der Waals surface area contributed by atoms with Gasteiger partial charge in [0.1, 0.15) is 12.4 Å². The van der Waals surface area contributed by atoms with E-state index in [-0.39, 0.29) is 5.91 Å². The van der Waals surface area contributed by atoms with Gasteiger partial charge in [-0.3, -0.25) is 4.79 Å². The van der Waals surface area contributed by atoms with Crippen LogP contribution in [0.25, 0.3) is 10.9 Å². The third-order valence-corrected chi connectivity index (χ3v) is 4.23. The highest BCUT2D eigenvalue weighted by molar-refractivity contribution is 6.08. The summed E-state index contributed by atoms with van der Waals surface area (Å²) < 4.78 is 5.79. The molecule has 3 aromatic rings. The Labute approximate surface area is 142 Å². The molecule has 3 rings (SSSR count). The van der Waals surface area contributed by atoms with Gasteiger partial charge in [0.15, 0.2) is 0 Å². The van der Waals surface area contributed by atoms with Gasteiger partial charge in [0, 0.05) is 23.6 Å². The summed E-state index contributed by atoms with van der Waals surface area (Å²) >= 11 is 0. The molecule has 1 aromatic heterocycles. The van der Waals surface area contributed by atoms with Gasteiger partial charge in [-0.15, -0.1) is 0 Å². The molecule has 0 aliphatic carbocycles. The zero-order chi connectivity index (χ0) is 17.1. The molecule has 4 nitrogen and oxygen atoms in total. The molecule has 24 heavy (non-hydrogen) atoms. The number of para-hydroxylation sites is 2. The summed E-state index contributed by atoms with van der Waals surface area (Å²) in [6.07, 6.45) is 0. The van der Waals surface area contributed by atoms with Crippen molar-refractivity contribution >= 4 is 16.8 Å². The van der Waals surface area contributed by atoms with Crippen molar-refractivity contribution in [3.63, 3.8) is 0 Å². The van der Waals surface area contributed by atoms with Crippen molar-refractivity contribution in [3.05, 3.63) is 65.4 Å². The highest BCUT2D eigenvalue weighted by atomic mass is 16.5. The molecular weight excluding hydrogens is 300 g/mol. The van der Waals surface area contributed by atoms with E-state index in [1.807, 2.05) is 69.4 Å². The van der Waals surface area contributed by atoms with Crippen LogP contribution in [0.2, 0.25) is 0 Å². The van der Waals surface area contributed by atoms with Gasteiger partial charge in [-0.2, -0.15) is 0 Å². The van der Waals surface area contributed by atoms with Crippen LogP contribution in [0, 0.1) is 13.8 Å². The zero-order valence-electron chi connectivity index (χ0n) is 14.3. The number of amides is 1. The molecule has 0 atom stereocenters. The number of ether oxygens (including phenoxy) is 1. The summed E-state index contributed by atoms with van der Waals surface area (Å²) in [7, 11) is 1.81. The van der Waals surface area contributed by atoms with Crippen LogP contribution in [0.1, 0.15) is 21.6 Å². The molecule has 0 bridgehead atoms. The predicted molar refractivity (Wildman–Crippen MR) is 96.7 cm³/mol. The van der Waals surface area contributed by atoms with Crippen molar-refractivity contribution in [2.45, 2.75) is 13.8 Å². The Morgan fingerprint density at radius 1 is 1.08 bits per heavy atom. The number of H-pyrrole nitrogens is 1. The number of carbonyl (C=O) groups excluding carboxylic acids is 1. The second-order valence-corrected chi connectivity index (χ2v) is 6.01. The number of likely N-dealkylation sites (N-methyl/N-ethyl adjacent to an activating group) is 1. The summed E-state index contributed by atoms with van der Waals surface area (Å²) in [6, 6.07) is 15.8. The van der Waals surface area contributed by atoms with Crippen LogP contribution >= 0.6 is 0 Å². The maximum absolute atomic E-state index is 12.8. The Morgan fingerprint density at radius 2 is 1.79 bits per heavy atom. The van der Waals surface area contributed by atoms with Crippen LogP contribution in [-0.2, 0) is 0 Å². The minimum atomic E-state index is 0.0123. The predicted octanol–water partition coefficient (Wildman–Crippen LogP) is 3.94. The fraction of sp³-hybridized carbons (Fsp3) is 0.250. The highest BCUT2D eigenvalue weighted by Gasteiger charge is 2.19. The summed E-state index contributed by atoms with van der Waals surface area (Å²) in [5, 5.41) is 0.965. The summed E-state index contributed by atoms with van der Waals surface area (Å²) in [5.74, 6) is 0.875. The first-order chi connectivity index (χ1) is 11.6. The number of fused-ring (bicyclic) bond motifs is 1. The number of benzene rings is 2. The molecule has 0 unspecified atom stereocenters. The van der Waals surface area contributed by atoms with E-state index >= 15 is 0 Å². The zero-order valence-corrected chi connectivity index (χ0v) is 14.3. The maximum atomic E-state index is 12.8. The van der Waals surface area contributed by atoms with E-state index in [4.69, 9.17) is 4.74 Å². The smallest absolute Gasteiger partial charge is 0.256 e. The Bertz CT molecular complexity index is 867. The Balaban J connectivity index is 1.68. The largest absolute Gasteiger partial charge is 0.491 e. The van der Waals surface area contributed by atoms with E-state index in [9.17, 15) is 4.79 Å². The number of nitrogens with zero attached hydrogens (tertiary/aromatic N) is 1. The average Bonchev–Trinajstić information content (AvgIpc) is 2.91. The van der Waals surface area contributed by atoms with Crippen LogP contribution in [-0.4, -0.2) is 36.0 Å². The lowest BCUT2D eigenvalue weighted by Gasteiger charge is -2.18. The summed E-state index contributed by atoms with van der Waals surface area (Å²) in [4.78, 5) is 17.8. The molecule has 124 valence electrons. The minimum absolute atomic E-state index is 0.0123. The van der Waals surface area contributed by atoms with E-state index in [2.05, 4.69) is 4.98 Å². The lowest BCUT2D eigenvalue weighted by atomic mass is 10.1. The van der Waals surface area contributed by atoms with E-state index in [1.165, 1.54) is 0 Å². The first-order valence-corrected chi connectivity index (χ1v) is 8.09. The van der Waals surface area contributed by atoms with Gasteiger partial charge in [0.25, 0.3) is 5.91 Å². The fourth-order valence-electron chi connectivity index (χ4n) is 2.86. The van der Waals surface area contributed by atoms with Crippen molar-refractivity contribution in [3.8, 4) is 5.75 Å². The number of carbonyl (C=O) groups is 1. The lowest BCUT2D eigenvalue weighted by Crippen LogP contribution is -2.31. The van der Waals surface area contributed by atoms with Crippen LogP contribution in [0.4, 0.5) is 0 Å². The highest BCUT2D eigenvalue weighted by Crippen LogP contribution is 2.23. The van der Waals surface area contributed by atoms with E-state index in [0.29, 0.717) is 13.2 Å². The third-order valence-electron chi connectivity index (χ3n) is 4.23. The number of aromatic nitrogens is 1. The Kier molecular flexibility index (Phi) is 4.56. The molecular formula is C20H22N2O2. The number of hydrogen-bond donors (Lipinski definition) is 1. The SMILES string of the molecule is Cc1ccccc1OCCN(C)C(=O)c1c(C)[nH]c2ccccc12. The van der Waals surface area contributed by atoms with Gasteiger partial charge in [0.2, 0.25) is 0 Å². The molecule has 0 aliphatic heterocycles. The van der Waals surface area contributed by atoms with Crippen LogP contribution in [0.15, 0.2) is 48.5 Å². The van der Waals surface area contributed by atoms with Crippen molar-refractivity contribution < 1.29 is 9.53 Å². The molecule has 0 aliphatic rings. The minimum Gasteiger partial charge on any atom is -0.491 e. The quantitative estimate of drug-likeness (QED) is 0.773. The normalized spacial score (nSPS) is 10.8. The molecule has 2 aromatic carbocycles. The molecule has 1 amide bonds. The van der Waals surface area contributed by atoms with Gasteiger partial charge in [0.05, 0.1) is 12.1 Å². The monoisotopic (exact) mass is 322 g/mol. The van der Waals surface area contributed by atoms with Crippen molar-refractivity contribution in [2.75, 3.05) is 20.2 Å². The van der Waals surface area contributed by atoms with Crippen LogP contribution < -0.4 is 4.74 Å². The van der Waals surface area contributed by atoms with E-state index < -0.39 is 0 Å². The van der Waals surface area contributed by atoms with Gasteiger partial charge in [-0.1, -0.05) is 36.4 Å². The van der Waals surface area contributed by atoms with Gasteiger partial charge >= 0.3 is 0 Å². The van der Waals surface area contributed by atoms with Crippen LogP contribution in [0.5, 0.6) is 5.75 Å². The second kappa shape index (κ2) is 6.79. The summed E-state index contributed by atoms with van der Waals surface area (Å²) in [5.41, 5.74) is 3.72. The van der Waals surface area contributed by atoms with Crippen LogP contribution in [0.3, 0.4) is 0 Å². The Morgan fingerprint density at radius 3 is 2.58 bits per heavy atom. The summed E-state index contributed by atoms with van der Waals surface area (Å²) in [6.45, 7) is 4.95. The molecule has 0 spiro atoms. The molecule has 0 saturated carbocycles. The van der Waals surface area contributed by atoms with E-state index in [0.717, 1.165) is 33.5 Å². The number of hydrogen-bond acceptors (Lipinski definition) is 2. The first-order valence-electron chi connectivity index (χ1n) is 8.09. The molecule has 0 saturated heterocycles. The van der Waals surface area contributed by atoms with Gasteiger partial charge in [-0.05, 0) is 31.5 Å². The van der Waals surface area contributed by atoms with E-state index in [1.54, 1.807) is 4.90 Å². The maximum Gasteiger partial charge on any atom is 0.256 e. The number of nitrogens with one attached hydrogen (secondary N) is 1. The average molecular weight is 322 g/mol. The third kappa shape index (κ3) is 3.13. The van der Waals surface area contributed by atoms with Crippen molar-refractivity contribution in [2.24, 2.45) is 0 Å². The van der Waals surface area contributed by atoms with Gasteiger partial charge < -0.3 is 14.6 Å². The second-order valence-electron chi connectivity index (χ2n) is 6.01. The topological polar surface area (TPSA) is 45.3 Å².